The molecule has 1 fully saturated rings. The molecule has 160 valence electrons. The molecule has 2 aromatic carbocycles. The Bertz CT molecular complexity index is 914. The molecule has 0 unspecified atom stereocenters. The molecule has 0 bridgehead atoms. The van der Waals surface area contributed by atoms with Gasteiger partial charge in [0, 0.05) is 30.6 Å². The Hall–Kier alpha value is -1.97. The number of rotatable bonds is 7. The van der Waals surface area contributed by atoms with E-state index in [9.17, 15) is 14.8 Å². The van der Waals surface area contributed by atoms with Gasteiger partial charge in [0.2, 0.25) is 0 Å². The van der Waals surface area contributed by atoms with Crippen LogP contribution in [0.4, 0.5) is 4.39 Å². The van der Waals surface area contributed by atoms with Crippen LogP contribution < -0.4 is 0 Å². The first-order chi connectivity index (χ1) is 14.3. The summed E-state index contributed by atoms with van der Waals surface area (Å²) < 4.78 is 13.2. The lowest BCUT2D eigenvalue weighted by atomic mass is 9.75. The molecule has 0 saturated carbocycles. The van der Waals surface area contributed by atoms with Crippen molar-refractivity contribution >= 4 is 11.6 Å². The number of benzene rings is 2. The van der Waals surface area contributed by atoms with E-state index in [2.05, 4.69) is 15.9 Å². The van der Waals surface area contributed by atoms with Crippen LogP contribution in [-0.2, 0) is 12.0 Å². The molecule has 1 heterocycles. The largest absolute Gasteiger partial charge is 0.385 e. The maximum atomic E-state index is 13.2. The maximum absolute atomic E-state index is 13.2. The van der Waals surface area contributed by atoms with Gasteiger partial charge in [-0.05, 0) is 75.3 Å². The molecule has 0 radical (unpaired) electrons. The quantitative estimate of drug-likeness (QED) is 0.721. The Morgan fingerprint density at radius 3 is 2.80 bits per heavy atom. The van der Waals surface area contributed by atoms with Crippen molar-refractivity contribution in [3.05, 3.63) is 70.0 Å². The zero-order chi connectivity index (χ0) is 21.7. The first-order valence-corrected chi connectivity index (χ1v) is 10.7. The number of aryl methyl sites for hydroxylation is 1. The molecule has 1 aliphatic heterocycles. The van der Waals surface area contributed by atoms with Crippen LogP contribution in [0.15, 0.2) is 42.5 Å². The lowest BCUT2D eigenvalue weighted by Crippen LogP contribution is -2.53. The predicted octanol–water partition coefficient (Wildman–Crippen LogP) is 4.05. The highest BCUT2D eigenvalue weighted by atomic mass is 35.5. The fourth-order valence-corrected chi connectivity index (χ4v) is 4.66. The Kier molecular flexibility index (Phi) is 7.49. The summed E-state index contributed by atoms with van der Waals surface area (Å²) in [6, 6.07) is 14.1. The lowest BCUT2D eigenvalue weighted by Gasteiger charge is -2.46. The van der Waals surface area contributed by atoms with Crippen molar-refractivity contribution in [1.29, 1.82) is 5.26 Å². The SMILES string of the molecule is CN(C)C[C@H]1CN(CCCc2ccc(F)cc2Cl)CC[C@]1(O)c1cccc(C#N)c1. The molecular formula is C24H29ClFN3O. The van der Waals surface area contributed by atoms with Crippen molar-refractivity contribution in [3.8, 4) is 6.07 Å². The summed E-state index contributed by atoms with van der Waals surface area (Å²) in [7, 11) is 4.03. The van der Waals surface area contributed by atoms with E-state index < -0.39 is 5.60 Å². The minimum atomic E-state index is -0.951. The Balaban J connectivity index is 1.67. The van der Waals surface area contributed by atoms with Crippen LogP contribution in [0.1, 0.15) is 29.5 Å². The maximum Gasteiger partial charge on any atom is 0.124 e. The van der Waals surface area contributed by atoms with Crippen molar-refractivity contribution in [2.75, 3.05) is 40.3 Å². The first kappa shape index (κ1) is 22.7. The molecule has 3 rings (SSSR count). The minimum absolute atomic E-state index is 0.0320. The van der Waals surface area contributed by atoms with E-state index in [4.69, 9.17) is 11.6 Å². The third-order valence-electron chi connectivity index (χ3n) is 5.98. The van der Waals surface area contributed by atoms with E-state index in [1.807, 2.05) is 32.3 Å². The van der Waals surface area contributed by atoms with Crippen molar-refractivity contribution in [1.82, 2.24) is 9.80 Å². The van der Waals surface area contributed by atoms with Gasteiger partial charge in [-0.15, -0.1) is 0 Å². The third kappa shape index (κ3) is 5.39. The number of aliphatic hydroxyl groups is 1. The summed E-state index contributed by atoms with van der Waals surface area (Å²) in [5.74, 6) is -0.282. The van der Waals surface area contributed by atoms with Crippen molar-refractivity contribution in [2.24, 2.45) is 5.92 Å². The highest BCUT2D eigenvalue weighted by Gasteiger charge is 2.42. The zero-order valence-corrected chi connectivity index (χ0v) is 18.4. The van der Waals surface area contributed by atoms with Crippen molar-refractivity contribution < 1.29 is 9.50 Å². The fourth-order valence-electron chi connectivity index (χ4n) is 4.39. The highest BCUT2D eigenvalue weighted by Crippen LogP contribution is 2.38. The second-order valence-electron chi connectivity index (χ2n) is 8.47. The number of hydrogen-bond acceptors (Lipinski definition) is 4. The second kappa shape index (κ2) is 9.89. The molecule has 1 saturated heterocycles. The summed E-state index contributed by atoms with van der Waals surface area (Å²) in [6.45, 7) is 3.22. The lowest BCUT2D eigenvalue weighted by molar-refractivity contribution is -0.0846. The number of nitriles is 1. The van der Waals surface area contributed by atoms with Crippen LogP contribution in [0.25, 0.3) is 0 Å². The molecule has 2 atom stereocenters. The molecule has 1 aliphatic rings. The van der Waals surface area contributed by atoms with Gasteiger partial charge in [-0.3, -0.25) is 0 Å². The van der Waals surface area contributed by atoms with Gasteiger partial charge in [0.15, 0.2) is 0 Å². The topological polar surface area (TPSA) is 50.5 Å². The van der Waals surface area contributed by atoms with E-state index >= 15 is 0 Å². The number of piperidine rings is 1. The Labute approximate surface area is 183 Å². The average molecular weight is 430 g/mol. The molecule has 0 aliphatic carbocycles. The van der Waals surface area contributed by atoms with Gasteiger partial charge >= 0.3 is 0 Å². The Morgan fingerprint density at radius 1 is 1.30 bits per heavy atom. The zero-order valence-electron chi connectivity index (χ0n) is 17.6. The van der Waals surface area contributed by atoms with Crippen LogP contribution in [-0.4, -0.2) is 55.2 Å². The van der Waals surface area contributed by atoms with Crippen LogP contribution in [0, 0.1) is 23.1 Å². The monoisotopic (exact) mass is 429 g/mol. The van der Waals surface area contributed by atoms with Crippen LogP contribution in [0.5, 0.6) is 0 Å². The highest BCUT2D eigenvalue weighted by molar-refractivity contribution is 6.31. The smallest absolute Gasteiger partial charge is 0.124 e. The number of halogens is 2. The predicted molar refractivity (Wildman–Crippen MR) is 118 cm³/mol. The average Bonchev–Trinajstić information content (AvgIpc) is 2.71. The first-order valence-electron chi connectivity index (χ1n) is 10.4. The molecule has 30 heavy (non-hydrogen) atoms. The minimum Gasteiger partial charge on any atom is -0.385 e. The third-order valence-corrected chi connectivity index (χ3v) is 6.33. The summed E-state index contributed by atoms with van der Waals surface area (Å²) >= 11 is 6.15. The van der Waals surface area contributed by atoms with E-state index in [1.54, 1.807) is 12.1 Å². The van der Waals surface area contributed by atoms with E-state index in [1.165, 1.54) is 12.1 Å². The van der Waals surface area contributed by atoms with Crippen LogP contribution in [0.2, 0.25) is 5.02 Å². The van der Waals surface area contributed by atoms with Gasteiger partial charge < -0.3 is 14.9 Å². The molecule has 6 heteroatoms. The van der Waals surface area contributed by atoms with Gasteiger partial charge in [0.25, 0.3) is 0 Å². The van der Waals surface area contributed by atoms with Crippen molar-refractivity contribution in [3.63, 3.8) is 0 Å². The molecule has 0 spiro atoms. The summed E-state index contributed by atoms with van der Waals surface area (Å²) in [4.78, 5) is 4.49. The molecule has 0 amide bonds. The van der Waals surface area contributed by atoms with Gasteiger partial charge in [-0.2, -0.15) is 5.26 Å². The van der Waals surface area contributed by atoms with Crippen molar-refractivity contribution in [2.45, 2.75) is 24.9 Å². The van der Waals surface area contributed by atoms with Gasteiger partial charge in [0.05, 0.1) is 17.2 Å². The Morgan fingerprint density at radius 2 is 2.10 bits per heavy atom. The summed E-state index contributed by atoms with van der Waals surface area (Å²) in [6.07, 6.45) is 2.34. The van der Waals surface area contributed by atoms with Gasteiger partial charge in [0.1, 0.15) is 5.82 Å². The standard InChI is InChI=1S/C24H29ClFN3O/c1-28(2)16-21-17-29(11-4-6-19-8-9-22(26)14-23(19)25)12-10-24(21,30)20-7-3-5-18(13-20)15-27/h3,5,7-9,13-14,21,30H,4,6,10-12,16-17H2,1-2H3/t21-,24-/m0/s1. The summed E-state index contributed by atoms with van der Waals surface area (Å²) in [5.41, 5.74) is 1.41. The second-order valence-corrected chi connectivity index (χ2v) is 8.87. The molecular weight excluding hydrogens is 401 g/mol. The molecule has 2 aromatic rings. The fraction of sp³-hybridized carbons (Fsp3) is 0.458. The molecule has 1 N–H and O–H groups in total. The van der Waals surface area contributed by atoms with Gasteiger partial charge in [-0.25, -0.2) is 4.39 Å². The van der Waals surface area contributed by atoms with Gasteiger partial charge in [-0.1, -0.05) is 29.8 Å². The number of hydrogen-bond donors (Lipinski definition) is 1. The van der Waals surface area contributed by atoms with E-state index in [0.717, 1.165) is 50.1 Å². The van der Waals surface area contributed by atoms with E-state index in [0.29, 0.717) is 17.0 Å². The normalized spacial score (nSPS) is 22.2. The molecule has 0 aromatic heterocycles. The van der Waals surface area contributed by atoms with Crippen LogP contribution in [0.3, 0.4) is 0 Å². The number of likely N-dealkylation sites (tertiary alicyclic amines) is 1. The van der Waals surface area contributed by atoms with Crippen LogP contribution >= 0.6 is 11.6 Å². The summed E-state index contributed by atoms with van der Waals surface area (Å²) in [5, 5.41) is 21.4. The molecule has 4 nitrogen and oxygen atoms in total. The van der Waals surface area contributed by atoms with E-state index in [-0.39, 0.29) is 11.7 Å². The number of nitrogens with zero attached hydrogens (tertiary/aromatic N) is 3.